The highest BCUT2D eigenvalue weighted by molar-refractivity contribution is 5.97. The van der Waals surface area contributed by atoms with Gasteiger partial charge in [0.15, 0.2) is 0 Å². The Morgan fingerprint density at radius 3 is 2.44 bits per heavy atom. The van der Waals surface area contributed by atoms with E-state index in [1.165, 1.54) is 6.42 Å². The molecule has 4 nitrogen and oxygen atoms in total. The van der Waals surface area contributed by atoms with Crippen LogP contribution >= 0.6 is 0 Å². The minimum atomic E-state index is 0.0328. The van der Waals surface area contributed by atoms with Gasteiger partial charge >= 0.3 is 0 Å². The Hall–Kier alpha value is -1.71. The van der Waals surface area contributed by atoms with Crippen LogP contribution in [0, 0.1) is 0 Å². The molecule has 1 saturated heterocycles. The maximum Gasteiger partial charge on any atom is 0.257 e. The summed E-state index contributed by atoms with van der Waals surface area (Å²) in [6.45, 7) is 1.67. The number of hydrogen-bond donors (Lipinski definition) is 0. The van der Waals surface area contributed by atoms with Crippen LogP contribution < -0.4 is 9.47 Å². The molecule has 2 rings (SSSR count). The van der Waals surface area contributed by atoms with Crippen molar-refractivity contribution in [3.05, 3.63) is 23.8 Å². The quantitative estimate of drug-likeness (QED) is 0.825. The number of ether oxygens (including phenoxy) is 2. The van der Waals surface area contributed by atoms with Gasteiger partial charge in [0.1, 0.15) is 11.5 Å². The zero-order valence-corrected chi connectivity index (χ0v) is 10.9. The van der Waals surface area contributed by atoms with Gasteiger partial charge in [0, 0.05) is 13.1 Å². The Labute approximate surface area is 107 Å². The smallest absolute Gasteiger partial charge is 0.257 e. The monoisotopic (exact) mass is 249 g/mol. The van der Waals surface area contributed by atoms with Gasteiger partial charge in [-0.2, -0.15) is 0 Å². The second-order valence-corrected chi connectivity index (χ2v) is 4.42. The fourth-order valence-electron chi connectivity index (χ4n) is 2.25. The molecule has 1 fully saturated rings. The summed E-state index contributed by atoms with van der Waals surface area (Å²) in [7, 11) is 3.17. The Morgan fingerprint density at radius 2 is 1.83 bits per heavy atom. The van der Waals surface area contributed by atoms with E-state index in [4.69, 9.17) is 9.47 Å². The molecule has 0 atom stereocenters. The SMILES string of the molecule is COc1ccc(OC)c(C(=O)N2CCCCC2)c1. The molecule has 1 amide bonds. The standard InChI is InChI=1S/C14H19NO3/c1-17-11-6-7-13(18-2)12(10-11)14(16)15-8-4-3-5-9-15/h6-7,10H,3-5,8-9H2,1-2H3. The average Bonchev–Trinajstić information content (AvgIpc) is 2.46. The molecular formula is C14H19NO3. The molecule has 1 aliphatic heterocycles. The van der Waals surface area contributed by atoms with Crippen LogP contribution in [0.3, 0.4) is 0 Å². The number of methoxy groups -OCH3 is 2. The van der Waals surface area contributed by atoms with Crippen LogP contribution in [0.4, 0.5) is 0 Å². The van der Waals surface area contributed by atoms with E-state index in [1.807, 2.05) is 4.90 Å². The van der Waals surface area contributed by atoms with Crippen molar-refractivity contribution >= 4 is 5.91 Å². The minimum absolute atomic E-state index is 0.0328. The number of nitrogens with zero attached hydrogens (tertiary/aromatic N) is 1. The zero-order valence-electron chi connectivity index (χ0n) is 10.9. The number of carbonyl (C=O) groups excluding carboxylic acids is 1. The van der Waals surface area contributed by atoms with Crippen molar-refractivity contribution in [2.75, 3.05) is 27.3 Å². The average molecular weight is 249 g/mol. The van der Waals surface area contributed by atoms with E-state index in [9.17, 15) is 4.79 Å². The van der Waals surface area contributed by atoms with Crippen molar-refractivity contribution in [3.63, 3.8) is 0 Å². The summed E-state index contributed by atoms with van der Waals surface area (Å²) in [6, 6.07) is 5.32. The van der Waals surface area contributed by atoms with E-state index in [2.05, 4.69) is 0 Å². The van der Waals surface area contributed by atoms with Crippen molar-refractivity contribution < 1.29 is 14.3 Å². The molecule has 1 aliphatic rings. The lowest BCUT2D eigenvalue weighted by Crippen LogP contribution is -2.35. The van der Waals surface area contributed by atoms with Gasteiger partial charge in [-0.15, -0.1) is 0 Å². The number of benzene rings is 1. The molecule has 0 saturated carbocycles. The van der Waals surface area contributed by atoms with Crippen LogP contribution in [0.5, 0.6) is 11.5 Å². The van der Waals surface area contributed by atoms with Crippen LogP contribution in [-0.2, 0) is 0 Å². The summed E-state index contributed by atoms with van der Waals surface area (Å²) in [5, 5.41) is 0. The number of piperidine rings is 1. The molecule has 0 spiro atoms. The van der Waals surface area contributed by atoms with Gasteiger partial charge in [-0.05, 0) is 37.5 Å². The molecule has 1 aromatic carbocycles. The lowest BCUT2D eigenvalue weighted by atomic mass is 10.1. The normalized spacial score (nSPS) is 15.3. The summed E-state index contributed by atoms with van der Waals surface area (Å²) in [4.78, 5) is 14.3. The molecule has 1 heterocycles. The van der Waals surface area contributed by atoms with E-state index in [0.29, 0.717) is 17.1 Å². The predicted molar refractivity (Wildman–Crippen MR) is 69.3 cm³/mol. The van der Waals surface area contributed by atoms with E-state index in [-0.39, 0.29) is 5.91 Å². The first-order chi connectivity index (χ1) is 8.76. The Bertz CT molecular complexity index is 425. The van der Waals surface area contributed by atoms with Gasteiger partial charge in [0.25, 0.3) is 5.91 Å². The molecule has 0 bridgehead atoms. The molecule has 18 heavy (non-hydrogen) atoms. The largest absolute Gasteiger partial charge is 0.497 e. The maximum atomic E-state index is 12.4. The molecule has 0 aromatic heterocycles. The molecule has 4 heteroatoms. The number of hydrogen-bond acceptors (Lipinski definition) is 3. The first-order valence-corrected chi connectivity index (χ1v) is 6.27. The van der Waals surface area contributed by atoms with E-state index in [1.54, 1.807) is 32.4 Å². The second-order valence-electron chi connectivity index (χ2n) is 4.42. The Kier molecular flexibility index (Phi) is 4.07. The number of likely N-dealkylation sites (tertiary alicyclic amines) is 1. The summed E-state index contributed by atoms with van der Waals surface area (Å²) in [5.74, 6) is 1.31. The number of amides is 1. The Balaban J connectivity index is 2.26. The highest BCUT2D eigenvalue weighted by Crippen LogP contribution is 2.26. The third-order valence-electron chi connectivity index (χ3n) is 3.28. The minimum Gasteiger partial charge on any atom is -0.497 e. The molecule has 1 aromatic rings. The van der Waals surface area contributed by atoms with Gasteiger partial charge in [-0.3, -0.25) is 4.79 Å². The Morgan fingerprint density at radius 1 is 1.11 bits per heavy atom. The number of rotatable bonds is 3. The third kappa shape index (κ3) is 2.58. The molecular weight excluding hydrogens is 230 g/mol. The third-order valence-corrected chi connectivity index (χ3v) is 3.28. The summed E-state index contributed by atoms with van der Waals surface area (Å²) in [5.41, 5.74) is 0.582. The molecule has 98 valence electrons. The van der Waals surface area contributed by atoms with Gasteiger partial charge in [0.2, 0.25) is 0 Å². The van der Waals surface area contributed by atoms with Crippen LogP contribution in [-0.4, -0.2) is 38.1 Å². The lowest BCUT2D eigenvalue weighted by molar-refractivity contribution is 0.0720. The van der Waals surface area contributed by atoms with Gasteiger partial charge in [0.05, 0.1) is 19.8 Å². The maximum absolute atomic E-state index is 12.4. The first kappa shape index (κ1) is 12.7. The van der Waals surface area contributed by atoms with Crippen molar-refractivity contribution in [2.45, 2.75) is 19.3 Å². The summed E-state index contributed by atoms with van der Waals surface area (Å²) < 4.78 is 10.4. The fraction of sp³-hybridized carbons (Fsp3) is 0.500. The van der Waals surface area contributed by atoms with Crippen LogP contribution in [0.25, 0.3) is 0 Å². The molecule has 0 unspecified atom stereocenters. The molecule has 0 aliphatic carbocycles. The van der Waals surface area contributed by atoms with Crippen LogP contribution in [0.1, 0.15) is 29.6 Å². The number of carbonyl (C=O) groups is 1. The van der Waals surface area contributed by atoms with Crippen molar-refractivity contribution in [2.24, 2.45) is 0 Å². The first-order valence-electron chi connectivity index (χ1n) is 6.27. The lowest BCUT2D eigenvalue weighted by Gasteiger charge is -2.27. The van der Waals surface area contributed by atoms with Crippen molar-refractivity contribution in [1.29, 1.82) is 0 Å². The van der Waals surface area contributed by atoms with E-state index in [0.717, 1.165) is 25.9 Å². The fourth-order valence-corrected chi connectivity index (χ4v) is 2.25. The van der Waals surface area contributed by atoms with Crippen LogP contribution in [0.15, 0.2) is 18.2 Å². The van der Waals surface area contributed by atoms with Crippen molar-refractivity contribution in [3.8, 4) is 11.5 Å². The second kappa shape index (κ2) is 5.76. The topological polar surface area (TPSA) is 38.8 Å². The van der Waals surface area contributed by atoms with Gasteiger partial charge in [-0.1, -0.05) is 0 Å². The van der Waals surface area contributed by atoms with Gasteiger partial charge in [-0.25, -0.2) is 0 Å². The molecule has 0 N–H and O–H groups in total. The predicted octanol–water partition coefficient (Wildman–Crippen LogP) is 2.33. The zero-order chi connectivity index (χ0) is 13.0. The summed E-state index contributed by atoms with van der Waals surface area (Å²) in [6.07, 6.45) is 3.37. The summed E-state index contributed by atoms with van der Waals surface area (Å²) >= 11 is 0. The van der Waals surface area contributed by atoms with Crippen LogP contribution in [0.2, 0.25) is 0 Å². The molecule has 0 radical (unpaired) electrons. The van der Waals surface area contributed by atoms with E-state index < -0.39 is 0 Å². The highest BCUT2D eigenvalue weighted by atomic mass is 16.5. The highest BCUT2D eigenvalue weighted by Gasteiger charge is 2.21. The van der Waals surface area contributed by atoms with E-state index >= 15 is 0 Å². The van der Waals surface area contributed by atoms with Gasteiger partial charge < -0.3 is 14.4 Å². The van der Waals surface area contributed by atoms with Crippen molar-refractivity contribution in [1.82, 2.24) is 4.90 Å².